The lowest BCUT2D eigenvalue weighted by Crippen LogP contribution is -2.06. The first-order chi connectivity index (χ1) is 14.5. The molecule has 2 aromatic carbocycles. The van der Waals surface area contributed by atoms with Crippen molar-refractivity contribution in [1.29, 1.82) is 0 Å². The van der Waals surface area contributed by atoms with Crippen molar-refractivity contribution >= 4 is 17.8 Å². The van der Waals surface area contributed by atoms with Crippen molar-refractivity contribution in [1.82, 2.24) is 0 Å². The van der Waals surface area contributed by atoms with E-state index < -0.39 is 5.97 Å². The summed E-state index contributed by atoms with van der Waals surface area (Å²) in [5.41, 5.74) is 4.25. The monoisotopic (exact) mass is 411 g/mol. The van der Waals surface area contributed by atoms with Gasteiger partial charge in [0.05, 0.1) is 26.2 Å². The smallest absolute Gasteiger partial charge is 0.339 e. The predicted molar refractivity (Wildman–Crippen MR) is 113 cm³/mol. The normalized spacial score (nSPS) is 15.8. The highest BCUT2D eigenvalue weighted by molar-refractivity contribution is 6.15. The molecule has 2 aromatic rings. The highest BCUT2D eigenvalue weighted by Crippen LogP contribution is 2.26. The molecule has 1 atom stereocenters. The fourth-order valence-corrected chi connectivity index (χ4v) is 2.90. The Morgan fingerprint density at radius 3 is 2.73 bits per heavy atom. The number of carboxylic acids is 1. The van der Waals surface area contributed by atoms with Crippen LogP contribution in [0.4, 0.5) is 0 Å². The van der Waals surface area contributed by atoms with Gasteiger partial charge in [0.2, 0.25) is 0 Å². The SMILES string of the molecule is COC=C(C(=O)O)c1ccccc1COc1cc(C)c(C=NOCC2CO2)cc1C. The Bertz CT molecular complexity index is 962. The van der Waals surface area contributed by atoms with Gasteiger partial charge in [0, 0.05) is 0 Å². The maximum atomic E-state index is 11.6. The van der Waals surface area contributed by atoms with Crippen LogP contribution in [0.1, 0.15) is 27.8 Å². The molecule has 0 saturated carbocycles. The van der Waals surface area contributed by atoms with Gasteiger partial charge in [-0.05, 0) is 53.8 Å². The molecule has 0 aliphatic carbocycles. The van der Waals surface area contributed by atoms with Crippen molar-refractivity contribution < 1.29 is 28.9 Å². The van der Waals surface area contributed by atoms with E-state index in [1.54, 1.807) is 18.3 Å². The van der Waals surface area contributed by atoms with Crippen LogP contribution >= 0.6 is 0 Å². The van der Waals surface area contributed by atoms with E-state index in [4.69, 9.17) is 19.0 Å². The van der Waals surface area contributed by atoms with Crippen LogP contribution in [-0.4, -0.2) is 43.7 Å². The number of epoxide rings is 1. The Morgan fingerprint density at radius 1 is 1.27 bits per heavy atom. The number of carboxylic acid groups (broad SMARTS) is 1. The van der Waals surface area contributed by atoms with Crippen molar-refractivity contribution in [2.75, 3.05) is 20.3 Å². The lowest BCUT2D eigenvalue weighted by atomic mass is 10.0. The van der Waals surface area contributed by atoms with E-state index in [0.717, 1.165) is 34.6 Å². The zero-order chi connectivity index (χ0) is 21.5. The number of carbonyl (C=O) groups is 1. The Balaban J connectivity index is 1.72. The fourth-order valence-electron chi connectivity index (χ4n) is 2.90. The van der Waals surface area contributed by atoms with Gasteiger partial charge in [-0.3, -0.25) is 0 Å². The lowest BCUT2D eigenvalue weighted by molar-refractivity contribution is -0.130. The number of nitrogens with zero attached hydrogens (tertiary/aromatic N) is 1. The molecular weight excluding hydrogens is 386 g/mol. The molecule has 1 aliphatic rings. The van der Waals surface area contributed by atoms with E-state index in [0.29, 0.717) is 12.2 Å². The van der Waals surface area contributed by atoms with Gasteiger partial charge in [-0.2, -0.15) is 0 Å². The van der Waals surface area contributed by atoms with E-state index in [9.17, 15) is 9.90 Å². The van der Waals surface area contributed by atoms with Gasteiger partial charge < -0.3 is 24.2 Å². The molecule has 1 heterocycles. The Morgan fingerprint density at radius 2 is 2.03 bits per heavy atom. The molecule has 1 fully saturated rings. The molecule has 1 unspecified atom stereocenters. The number of hydrogen-bond donors (Lipinski definition) is 1. The van der Waals surface area contributed by atoms with Crippen molar-refractivity contribution in [3.05, 3.63) is 70.5 Å². The Labute approximate surface area is 175 Å². The van der Waals surface area contributed by atoms with Gasteiger partial charge in [0.15, 0.2) is 0 Å². The molecule has 1 saturated heterocycles. The van der Waals surface area contributed by atoms with E-state index in [-0.39, 0.29) is 18.3 Å². The van der Waals surface area contributed by atoms with Gasteiger partial charge in [0.1, 0.15) is 30.6 Å². The largest absolute Gasteiger partial charge is 0.503 e. The molecular formula is C23H25NO6. The number of aryl methyl sites for hydroxylation is 2. The first-order valence-electron chi connectivity index (χ1n) is 9.55. The van der Waals surface area contributed by atoms with Crippen LogP contribution in [-0.2, 0) is 25.7 Å². The number of methoxy groups -OCH3 is 1. The minimum absolute atomic E-state index is 0.0766. The third-order valence-corrected chi connectivity index (χ3v) is 4.65. The summed E-state index contributed by atoms with van der Waals surface area (Å²) in [4.78, 5) is 16.8. The second-order valence-corrected chi connectivity index (χ2v) is 6.98. The third kappa shape index (κ3) is 5.61. The van der Waals surface area contributed by atoms with Crippen LogP contribution in [0, 0.1) is 13.8 Å². The van der Waals surface area contributed by atoms with Gasteiger partial charge in [-0.15, -0.1) is 0 Å². The molecule has 7 nitrogen and oxygen atoms in total. The molecule has 158 valence electrons. The summed E-state index contributed by atoms with van der Waals surface area (Å²) in [5, 5.41) is 13.5. The van der Waals surface area contributed by atoms with Crippen LogP contribution in [0.5, 0.6) is 5.75 Å². The lowest BCUT2D eigenvalue weighted by Gasteiger charge is -2.14. The van der Waals surface area contributed by atoms with Crippen LogP contribution in [0.2, 0.25) is 0 Å². The first-order valence-corrected chi connectivity index (χ1v) is 9.55. The number of aliphatic carboxylic acids is 1. The minimum atomic E-state index is -1.06. The van der Waals surface area contributed by atoms with Gasteiger partial charge in [-0.25, -0.2) is 4.79 Å². The van der Waals surface area contributed by atoms with E-state index in [1.165, 1.54) is 13.4 Å². The zero-order valence-electron chi connectivity index (χ0n) is 17.3. The summed E-state index contributed by atoms with van der Waals surface area (Å²) in [6.45, 7) is 5.34. The maximum Gasteiger partial charge on any atom is 0.339 e. The number of oxime groups is 1. The molecule has 1 aliphatic heterocycles. The highest BCUT2D eigenvalue weighted by atomic mass is 16.7. The molecule has 0 radical (unpaired) electrons. The molecule has 0 bridgehead atoms. The number of benzene rings is 2. The summed E-state index contributed by atoms with van der Waals surface area (Å²) >= 11 is 0. The summed E-state index contributed by atoms with van der Waals surface area (Å²) in [5.74, 6) is -0.338. The van der Waals surface area contributed by atoms with Crippen molar-refractivity contribution in [2.45, 2.75) is 26.6 Å². The molecule has 7 heteroatoms. The molecule has 0 spiro atoms. The summed E-state index contributed by atoms with van der Waals surface area (Å²) < 4.78 is 16.0. The minimum Gasteiger partial charge on any atom is -0.503 e. The predicted octanol–water partition coefficient (Wildman–Crippen LogP) is 3.70. The van der Waals surface area contributed by atoms with Crippen molar-refractivity contribution in [3.63, 3.8) is 0 Å². The average molecular weight is 411 g/mol. The van der Waals surface area contributed by atoms with Crippen molar-refractivity contribution in [3.8, 4) is 5.75 Å². The molecule has 1 N–H and O–H groups in total. The second-order valence-electron chi connectivity index (χ2n) is 6.98. The van der Waals surface area contributed by atoms with E-state index in [2.05, 4.69) is 5.16 Å². The van der Waals surface area contributed by atoms with Gasteiger partial charge in [0.25, 0.3) is 0 Å². The first kappa shape index (κ1) is 21.4. The van der Waals surface area contributed by atoms with Gasteiger partial charge >= 0.3 is 5.97 Å². The van der Waals surface area contributed by atoms with E-state index in [1.807, 2.05) is 38.1 Å². The molecule has 0 amide bonds. The number of rotatable bonds is 10. The molecule has 0 aromatic heterocycles. The summed E-state index contributed by atoms with van der Waals surface area (Å²) in [6, 6.07) is 11.1. The topological polar surface area (TPSA) is 89.9 Å². The Kier molecular flexibility index (Phi) is 7.08. The fraction of sp³-hybridized carbons (Fsp3) is 0.304. The quantitative estimate of drug-likeness (QED) is 0.211. The zero-order valence-corrected chi connectivity index (χ0v) is 17.3. The second kappa shape index (κ2) is 9.93. The van der Waals surface area contributed by atoms with Crippen LogP contribution < -0.4 is 4.74 Å². The van der Waals surface area contributed by atoms with Crippen LogP contribution in [0.3, 0.4) is 0 Å². The number of ether oxygens (including phenoxy) is 3. The average Bonchev–Trinajstić information content (AvgIpc) is 3.55. The van der Waals surface area contributed by atoms with Crippen molar-refractivity contribution in [2.24, 2.45) is 5.16 Å². The maximum absolute atomic E-state index is 11.6. The van der Waals surface area contributed by atoms with E-state index >= 15 is 0 Å². The van der Waals surface area contributed by atoms with Gasteiger partial charge in [-0.1, -0.05) is 29.4 Å². The van der Waals surface area contributed by atoms with Crippen LogP contribution in [0.25, 0.3) is 5.57 Å². The highest BCUT2D eigenvalue weighted by Gasteiger charge is 2.23. The summed E-state index contributed by atoms with van der Waals surface area (Å²) in [6.07, 6.45) is 3.07. The van der Waals surface area contributed by atoms with Crippen LogP contribution in [0.15, 0.2) is 47.8 Å². The molecule has 3 rings (SSSR count). The molecule has 30 heavy (non-hydrogen) atoms. The summed E-state index contributed by atoms with van der Waals surface area (Å²) in [7, 11) is 1.42. The third-order valence-electron chi connectivity index (χ3n) is 4.65. The Hall–Kier alpha value is -3.32. The standard InChI is InChI=1S/C23H25NO6/c1-15-9-22(16(2)8-18(15)10-24-30-13-19-12-28-19)29-11-17-6-4-5-7-20(17)21(14-27-3)23(25)26/h4-10,14,19H,11-13H2,1-3H3,(H,25,26). The number of hydrogen-bond acceptors (Lipinski definition) is 6.